The number of carbonyl (C=O) groups is 1. The first-order valence-corrected chi connectivity index (χ1v) is 8.11. The molecule has 3 rings (SSSR count). The molecule has 116 valence electrons. The third-order valence-electron chi connectivity index (χ3n) is 3.75. The number of benzene rings is 1. The summed E-state index contributed by atoms with van der Waals surface area (Å²) < 4.78 is 4.30. The van der Waals surface area contributed by atoms with Crippen LogP contribution in [0.25, 0.3) is 0 Å². The molecule has 0 unspecified atom stereocenters. The van der Waals surface area contributed by atoms with Crippen LogP contribution in [0.1, 0.15) is 23.1 Å². The minimum atomic E-state index is -0.121. The Hall–Kier alpha value is -2.15. The standard InChI is InChI=1S/C15H18N4O2S/c1-2-13-16-15(22-17-13)19-9-7-18(8-10-19)14(21)11-5-3-4-6-12(11)20/h3-6,20H,2,7-10H2,1H3. The first kappa shape index (κ1) is 14.8. The SMILES string of the molecule is CCc1nsc(N2CCN(C(=O)c3ccccc3O)CC2)n1. The van der Waals surface area contributed by atoms with Crippen molar-refractivity contribution >= 4 is 22.6 Å². The molecule has 6 nitrogen and oxygen atoms in total. The summed E-state index contributed by atoms with van der Waals surface area (Å²) in [6.07, 6.45) is 0.836. The van der Waals surface area contributed by atoms with Gasteiger partial charge in [0.25, 0.3) is 5.91 Å². The Morgan fingerprint density at radius 3 is 2.64 bits per heavy atom. The first-order valence-electron chi connectivity index (χ1n) is 7.34. The van der Waals surface area contributed by atoms with E-state index in [1.54, 1.807) is 23.1 Å². The Morgan fingerprint density at radius 1 is 1.27 bits per heavy atom. The van der Waals surface area contributed by atoms with Gasteiger partial charge in [-0.3, -0.25) is 4.79 Å². The number of phenolic OH excluding ortho intramolecular Hbond substituents is 1. The van der Waals surface area contributed by atoms with Crippen LogP contribution in [0.15, 0.2) is 24.3 Å². The van der Waals surface area contributed by atoms with Crippen molar-refractivity contribution in [1.82, 2.24) is 14.3 Å². The fourth-order valence-corrected chi connectivity index (χ4v) is 3.24. The fourth-order valence-electron chi connectivity index (χ4n) is 2.44. The minimum Gasteiger partial charge on any atom is -0.507 e. The maximum atomic E-state index is 12.4. The van der Waals surface area contributed by atoms with E-state index in [9.17, 15) is 9.90 Å². The molecule has 0 atom stereocenters. The molecule has 2 heterocycles. The van der Waals surface area contributed by atoms with Crippen LogP contribution in [-0.4, -0.2) is 51.5 Å². The molecule has 1 amide bonds. The molecule has 1 saturated heterocycles. The number of amides is 1. The van der Waals surface area contributed by atoms with Crippen molar-refractivity contribution in [2.75, 3.05) is 31.1 Å². The monoisotopic (exact) mass is 318 g/mol. The topological polar surface area (TPSA) is 69.6 Å². The molecule has 2 aromatic rings. The molecule has 1 aliphatic heterocycles. The number of carbonyl (C=O) groups excluding carboxylic acids is 1. The molecule has 1 aliphatic rings. The van der Waals surface area contributed by atoms with Gasteiger partial charge in [0.05, 0.1) is 5.56 Å². The van der Waals surface area contributed by atoms with E-state index in [1.165, 1.54) is 17.6 Å². The second kappa shape index (κ2) is 6.31. The van der Waals surface area contributed by atoms with Gasteiger partial charge in [0.15, 0.2) is 0 Å². The Kier molecular flexibility index (Phi) is 4.24. The highest BCUT2D eigenvalue weighted by Gasteiger charge is 2.25. The number of phenols is 1. The van der Waals surface area contributed by atoms with Crippen molar-refractivity contribution in [3.63, 3.8) is 0 Å². The van der Waals surface area contributed by atoms with Crippen molar-refractivity contribution in [1.29, 1.82) is 0 Å². The van der Waals surface area contributed by atoms with E-state index >= 15 is 0 Å². The van der Waals surface area contributed by atoms with Crippen molar-refractivity contribution in [3.05, 3.63) is 35.7 Å². The van der Waals surface area contributed by atoms with Crippen LogP contribution in [0.2, 0.25) is 0 Å². The quantitative estimate of drug-likeness (QED) is 0.934. The summed E-state index contributed by atoms with van der Waals surface area (Å²) in [4.78, 5) is 20.9. The number of aryl methyl sites for hydroxylation is 1. The normalized spacial score (nSPS) is 15.1. The van der Waals surface area contributed by atoms with Gasteiger partial charge < -0.3 is 14.9 Å². The highest BCUT2D eigenvalue weighted by molar-refractivity contribution is 7.09. The van der Waals surface area contributed by atoms with E-state index in [2.05, 4.69) is 14.3 Å². The van der Waals surface area contributed by atoms with E-state index in [1.807, 2.05) is 6.92 Å². The van der Waals surface area contributed by atoms with Crippen LogP contribution in [0.4, 0.5) is 5.13 Å². The lowest BCUT2D eigenvalue weighted by Crippen LogP contribution is -2.48. The molecule has 7 heteroatoms. The number of rotatable bonds is 3. The van der Waals surface area contributed by atoms with Gasteiger partial charge in [0.2, 0.25) is 5.13 Å². The molecule has 22 heavy (non-hydrogen) atoms. The molecular weight excluding hydrogens is 300 g/mol. The second-order valence-electron chi connectivity index (χ2n) is 5.14. The number of aromatic hydroxyl groups is 1. The van der Waals surface area contributed by atoms with Crippen molar-refractivity contribution in [2.24, 2.45) is 0 Å². The second-order valence-corrected chi connectivity index (χ2v) is 5.87. The summed E-state index contributed by atoms with van der Waals surface area (Å²) in [5.74, 6) is 0.781. The molecular formula is C15H18N4O2S. The van der Waals surface area contributed by atoms with Crippen molar-refractivity contribution in [2.45, 2.75) is 13.3 Å². The van der Waals surface area contributed by atoms with Crippen LogP contribution in [0, 0.1) is 0 Å². The molecule has 0 aliphatic carbocycles. The van der Waals surface area contributed by atoms with Crippen molar-refractivity contribution in [3.8, 4) is 5.75 Å². The zero-order chi connectivity index (χ0) is 15.5. The molecule has 1 aromatic heterocycles. The highest BCUT2D eigenvalue weighted by atomic mass is 32.1. The maximum absolute atomic E-state index is 12.4. The number of piperazine rings is 1. The summed E-state index contributed by atoms with van der Waals surface area (Å²) >= 11 is 1.41. The third-order valence-corrected chi connectivity index (χ3v) is 4.56. The lowest BCUT2D eigenvalue weighted by atomic mass is 10.1. The molecule has 1 aromatic carbocycles. The summed E-state index contributed by atoms with van der Waals surface area (Å²) in [6, 6.07) is 6.67. The predicted octanol–water partition coefficient (Wildman–Crippen LogP) is 1.77. The Morgan fingerprint density at radius 2 is 2.00 bits per heavy atom. The average molecular weight is 318 g/mol. The smallest absolute Gasteiger partial charge is 0.257 e. The Bertz CT molecular complexity index is 665. The number of aromatic nitrogens is 2. The average Bonchev–Trinajstić information content (AvgIpc) is 3.04. The Labute approximate surface area is 133 Å². The zero-order valence-corrected chi connectivity index (χ0v) is 13.2. The van der Waals surface area contributed by atoms with Crippen LogP contribution in [0.3, 0.4) is 0 Å². The fraction of sp³-hybridized carbons (Fsp3) is 0.400. The van der Waals surface area contributed by atoms with Gasteiger partial charge in [-0.15, -0.1) is 0 Å². The van der Waals surface area contributed by atoms with Gasteiger partial charge in [-0.25, -0.2) is 4.98 Å². The van der Waals surface area contributed by atoms with Crippen LogP contribution in [0.5, 0.6) is 5.75 Å². The van der Waals surface area contributed by atoms with Crippen molar-refractivity contribution < 1.29 is 9.90 Å². The summed E-state index contributed by atoms with van der Waals surface area (Å²) in [6.45, 7) is 4.74. The molecule has 0 spiro atoms. The molecule has 0 radical (unpaired) electrons. The van der Waals surface area contributed by atoms with E-state index in [4.69, 9.17) is 0 Å². The summed E-state index contributed by atoms with van der Waals surface area (Å²) in [7, 11) is 0. The minimum absolute atomic E-state index is 0.0339. The van der Waals surface area contributed by atoms with Gasteiger partial charge in [0.1, 0.15) is 11.6 Å². The lowest BCUT2D eigenvalue weighted by Gasteiger charge is -2.34. The molecule has 1 fully saturated rings. The van der Waals surface area contributed by atoms with E-state index in [-0.39, 0.29) is 11.7 Å². The highest BCUT2D eigenvalue weighted by Crippen LogP contribution is 2.22. The van der Waals surface area contributed by atoms with Gasteiger partial charge in [0, 0.05) is 44.1 Å². The third kappa shape index (κ3) is 2.89. The van der Waals surface area contributed by atoms with Crippen LogP contribution < -0.4 is 4.90 Å². The van der Waals surface area contributed by atoms with E-state index < -0.39 is 0 Å². The number of anilines is 1. The van der Waals surface area contributed by atoms with Gasteiger partial charge in [-0.2, -0.15) is 4.37 Å². The predicted molar refractivity (Wildman–Crippen MR) is 85.5 cm³/mol. The van der Waals surface area contributed by atoms with Crippen LogP contribution in [-0.2, 0) is 6.42 Å². The number of nitrogens with zero attached hydrogens (tertiary/aromatic N) is 4. The molecule has 0 saturated carbocycles. The van der Waals surface area contributed by atoms with Gasteiger partial charge >= 0.3 is 0 Å². The zero-order valence-electron chi connectivity index (χ0n) is 12.4. The number of hydrogen-bond donors (Lipinski definition) is 1. The number of para-hydroxylation sites is 1. The molecule has 1 N–H and O–H groups in total. The summed E-state index contributed by atoms with van der Waals surface area (Å²) in [5.41, 5.74) is 0.361. The van der Waals surface area contributed by atoms with Gasteiger partial charge in [-0.1, -0.05) is 19.1 Å². The first-order chi connectivity index (χ1) is 10.7. The Balaban J connectivity index is 1.64. The van der Waals surface area contributed by atoms with Gasteiger partial charge in [-0.05, 0) is 12.1 Å². The van der Waals surface area contributed by atoms with Crippen LogP contribution >= 0.6 is 11.5 Å². The summed E-state index contributed by atoms with van der Waals surface area (Å²) in [5, 5.41) is 10.7. The lowest BCUT2D eigenvalue weighted by molar-refractivity contribution is 0.0743. The van der Waals surface area contributed by atoms with E-state index in [0.717, 1.165) is 30.5 Å². The number of hydrogen-bond acceptors (Lipinski definition) is 6. The largest absolute Gasteiger partial charge is 0.507 e. The molecule has 0 bridgehead atoms. The van der Waals surface area contributed by atoms with E-state index in [0.29, 0.717) is 18.7 Å². The maximum Gasteiger partial charge on any atom is 0.257 e.